The smallest absolute Gasteiger partial charge is 0.191 e. The number of benzene rings is 1. The Hall–Kier alpha value is -1.77. The molecule has 0 saturated heterocycles. The predicted molar refractivity (Wildman–Crippen MR) is 118 cm³/mol. The molecule has 0 aliphatic rings. The van der Waals surface area contributed by atoms with Gasteiger partial charge in [-0.15, -0.1) is 24.0 Å². The summed E-state index contributed by atoms with van der Waals surface area (Å²) in [6, 6.07) is 8.45. The van der Waals surface area contributed by atoms with Crippen molar-refractivity contribution in [3.05, 3.63) is 46.8 Å². The second-order valence-corrected chi connectivity index (χ2v) is 6.08. The van der Waals surface area contributed by atoms with E-state index in [4.69, 9.17) is 4.52 Å². The molecule has 2 aromatic rings. The summed E-state index contributed by atoms with van der Waals surface area (Å²) in [6.07, 6.45) is 1.71. The van der Waals surface area contributed by atoms with Crippen LogP contribution in [0.25, 0.3) is 0 Å². The van der Waals surface area contributed by atoms with Gasteiger partial charge in [0, 0.05) is 51.9 Å². The molecule has 0 atom stereocenters. The van der Waals surface area contributed by atoms with Crippen LogP contribution in [0.2, 0.25) is 0 Å². The number of anilines is 1. The van der Waals surface area contributed by atoms with E-state index in [-0.39, 0.29) is 24.0 Å². The van der Waals surface area contributed by atoms with Crippen LogP contribution in [0.1, 0.15) is 36.4 Å². The number of aromatic nitrogens is 1. The van der Waals surface area contributed by atoms with Crippen molar-refractivity contribution in [2.24, 2.45) is 4.99 Å². The van der Waals surface area contributed by atoms with Crippen molar-refractivity contribution in [1.29, 1.82) is 0 Å². The van der Waals surface area contributed by atoms with Gasteiger partial charge in [0.25, 0.3) is 0 Å². The van der Waals surface area contributed by atoms with Crippen LogP contribution in [0.4, 0.5) is 5.69 Å². The third kappa shape index (κ3) is 5.89. The number of nitrogens with zero attached hydrogens (tertiary/aromatic N) is 3. The molecule has 0 bridgehead atoms. The maximum absolute atomic E-state index is 5.41. The number of guanidine groups is 1. The van der Waals surface area contributed by atoms with Crippen molar-refractivity contribution in [3.63, 3.8) is 0 Å². The highest BCUT2D eigenvalue weighted by atomic mass is 127. The van der Waals surface area contributed by atoms with E-state index in [1.807, 2.05) is 14.1 Å². The molecule has 1 aromatic heterocycles. The summed E-state index contributed by atoms with van der Waals surface area (Å²) >= 11 is 0. The van der Waals surface area contributed by atoms with Crippen LogP contribution in [-0.2, 0) is 25.9 Å². The van der Waals surface area contributed by atoms with Crippen molar-refractivity contribution in [2.75, 3.05) is 26.0 Å². The van der Waals surface area contributed by atoms with Crippen LogP contribution >= 0.6 is 24.0 Å². The van der Waals surface area contributed by atoms with Gasteiger partial charge in [-0.25, -0.2) is 0 Å². The Morgan fingerprint density at radius 1 is 1.15 bits per heavy atom. The summed E-state index contributed by atoms with van der Waals surface area (Å²) in [6.45, 7) is 5.54. The lowest BCUT2D eigenvalue weighted by molar-refractivity contribution is 0.380. The van der Waals surface area contributed by atoms with Gasteiger partial charge in [-0.05, 0) is 24.1 Å². The fourth-order valence-electron chi connectivity index (χ4n) is 2.66. The molecule has 1 aromatic carbocycles. The number of nitrogens with one attached hydrogen (secondary N) is 2. The van der Waals surface area contributed by atoms with E-state index in [1.54, 1.807) is 7.05 Å². The molecule has 0 radical (unpaired) electrons. The minimum atomic E-state index is 0. The van der Waals surface area contributed by atoms with Crippen LogP contribution in [0.3, 0.4) is 0 Å². The zero-order valence-corrected chi connectivity index (χ0v) is 18.6. The van der Waals surface area contributed by atoms with Gasteiger partial charge >= 0.3 is 0 Å². The van der Waals surface area contributed by atoms with Crippen molar-refractivity contribution in [3.8, 4) is 0 Å². The molecule has 0 aliphatic heterocycles. The molecule has 26 heavy (non-hydrogen) atoms. The Bertz CT molecular complexity index is 690. The van der Waals surface area contributed by atoms with E-state index >= 15 is 0 Å². The fourth-order valence-corrected chi connectivity index (χ4v) is 2.66. The SMILES string of the molecule is CCc1noc(CC)c1CNC(=NC)NCc1cccc(N(C)C)c1.I. The van der Waals surface area contributed by atoms with Crippen LogP contribution in [0.5, 0.6) is 0 Å². The van der Waals surface area contributed by atoms with Crippen LogP contribution in [-0.4, -0.2) is 32.3 Å². The molecular weight excluding hydrogens is 441 g/mol. The fraction of sp³-hybridized carbons (Fsp3) is 0.474. The molecule has 0 aliphatic carbocycles. The highest BCUT2D eigenvalue weighted by Gasteiger charge is 2.13. The largest absolute Gasteiger partial charge is 0.378 e. The van der Waals surface area contributed by atoms with Gasteiger partial charge in [-0.2, -0.15) is 0 Å². The maximum atomic E-state index is 5.41. The van der Waals surface area contributed by atoms with E-state index in [0.29, 0.717) is 13.1 Å². The molecule has 2 rings (SSSR count). The molecule has 1 heterocycles. The molecule has 0 unspecified atom stereocenters. The highest BCUT2D eigenvalue weighted by Crippen LogP contribution is 2.15. The zero-order chi connectivity index (χ0) is 18.2. The number of aryl methyl sites for hydroxylation is 2. The number of rotatable bonds is 7. The Morgan fingerprint density at radius 2 is 1.88 bits per heavy atom. The first-order chi connectivity index (χ1) is 12.1. The molecule has 0 amide bonds. The van der Waals surface area contributed by atoms with Gasteiger partial charge in [0.15, 0.2) is 5.96 Å². The molecule has 2 N–H and O–H groups in total. The average Bonchev–Trinajstić information content (AvgIpc) is 3.04. The average molecular weight is 471 g/mol. The van der Waals surface area contributed by atoms with Crippen molar-refractivity contribution in [1.82, 2.24) is 15.8 Å². The topological polar surface area (TPSA) is 65.7 Å². The lowest BCUT2D eigenvalue weighted by Crippen LogP contribution is -2.36. The van der Waals surface area contributed by atoms with Gasteiger partial charge in [-0.3, -0.25) is 4.99 Å². The first-order valence-electron chi connectivity index (χ1n) is 8.76. The van der Waals surface area contributed by atoms with Crippen LogP contribution in [0, 0.1) is 0 Å². The van der Waals surface area contributed by atoms with Crippen LogP contribution in [0.15, 0.2) is 33.8 Å². The number of halogens is 1. The number of aliphatic imine (C=N–C) groups is 1. The highest BCUT2D eigenvalue weighted by molar-refractivity contribution is 14.0. The quantitative estimate of drug-likeness (QED) is 0.369. The monoisotopic (exact) mass is 471 g/mol. The van der Waals surface area contributed by atoms with E-state index in [2.05, 4.69) is 63.8 Å². The van der Waals surface area contributed by atoms with E-state index in [1.165, 1.54) is 11.3 Å². The summed E-state index contributed by atoms with van der Waals surface area (Å²) < 4.78 is 5.41. The van der Waals surface area contributed by atoms with E-state index in [0.717, 1.165) is 35.8 Å². The molecular formula is C19H30IN5O. The Morgan fingerprint density at radius 3 is 2.50 bits per heavy atom. The summed E-state index contributed by atoms with van der Waals surface area (Å²) in [5, 5.41) is 10.9. The van der Waals surface area contributed by atoms with Crippen molar-refractivity contribution >= 4 is 35.6 Å². The summed E-state index contributed by atoms with van der Waals surface area (Å²) in [7, 11) is 5.87. The Balaban J connectivity index is 0.00000338. The normalized spacial score (nSPS) is 11.0. The standard InChI is InChI=1S/C19H29N5O.HI/c1-6-17-16(18(7-2)25-23-17)13-22-19(20-3)21-12-14-9-8-10-15(11-14)24(4)5;/h8-11H,6-7,12-13H2,1-5H3,(H2,20,21,22);1H. The second kappa shape index (κ2) is 11.1. The molecule has 6 nitrogen and oxygen atoms in total. The molecule has 144 valence electrons. The van der Waals surface area contributed by atoms with Crippen molar-refractivity contribution < 1.29 is 4.52 Å². The van der Waals surface area contributed by atoms with Crippen molar-refractivity contribution in [2.45, 2.75) is 39.8 Å². The Labute approximate surface area is 173 Å². The number of hydrogen-bond acceptors (Lipinski definition) is 4. The van der Waals surface area contributed by atoms with Gasteiger partial charge in [0.05, 0.1) is 5.69 Å². The van der Waals surface area contributed by atoms with Gasteiger partial charge in [0.1, 0.15) is 5.76 Å². The first kappa shape index (κ1) is 22.3. The summed E-state index contributed by atoms with van der Waals surface area (Å²) in [4.78, 5) is 6.40. The molecule has 0 saturated carbocycles. The van der Waals surface area contributed by atoms with E-state index in [9.17, 15) is 0 Å². The first-order valence-corrected chi connectivity index (χ1v) is 8.76. The predicted octanol–water partition coefficient (Wildman–Crippen LogP) is 3.35. The second-order valence-electron chi connectivity index (χ2n) is 6.08. The third-order valence-corrected chi connectivity index (χ3v) is 4.15. The number of hydrogen-bond donors (Lipinski definition) is 2. The summed E-state index contributed by atoms with van der Waals surface area (Å²) in [5.74, 6) is 1.71. The van der Waals surface area contributed by atoms with Gasteiger partial charge < -0.3 is 20.1 Å². The Kier molecular flexibility index (Phi) is 9.47. The molecule has 0 fully saturated rings. The zero-order valence-electron chi connectivity index (χ0n) is 16.3. The van der Waals surface area contributed by atoms with Gasteiger partial charge in [0.2, 0.25) is 0 Å². The summed E-state index contributed by atoms with van der Waals surface area (Å²) in [5.41, 5.74) is 4.55. The lowest BCUT2D eigenvalue weighted by Gasteiger charge is -2.15. The lowest BCUT2D eigenvalue weighted by atomic mass is 10.1. The van der Waals surface area contributed by atoms with Crippen LogP contribution < -0.4 is 15.5 Å². The maximum Gasteiger partial charge on any atom is 0.191 e. The third-order valence-electron chi connectivity index (χ3n) is 4.15. The minimum absolute atomic E-state index is 0. The molecule has 7 heteroatoms. The van der Waals surface area contributed by atoms with Gasteiger partial charge in [-0.1, -0.05) is 31.1 Å². The minimum Gasteiger partial charge on any atom is -0.378 e. The van der Waals surface area contributed by atoms with E-state index < -0.39 is 0 Å². The molecule has 0 spiro atoms.